The van der Waals surface area contributed by atoms with Crippen LogP contribution in [0.2, 0.25) is 0 Å². The van der Waals surface area contributed by atoms with Crippen molar-refractivity contribution in [2.24, 2.45) is 11.3 Å². The first-order chi connectivity index (χ1) is 12.6. The molecule has 0 heterocycles. The van der Waals surface area contributed by atoms with E-state index in [9.17, 15) is 14.7 Å². The van der Waals surface area contributed by atoms with Gasteiger partial charge < -0.3 is 5.11 Å². The first kappa shape index (κ1) is 20.6. The van der Waals surface area contributed by atoms with E-state index >= 15 is 0 Å². The normalized spacial score (nSPS) is 31.4. The van der Waals surface area contributed by atoms with Gasteiger partial charge in [-0.2, -0.15) is 0 Å². The van der Waals surface area contributed by atoms with Gasteiger partial charge in [0.05, 0.1) is 16.9 Å². The lowest BCUT2D eigenvalue weighted by Crippen LogP contribution is -2.61. The predicted molar refractivity (Wildman–Crippen MR) is 111 cm³/mol. The van der Waals surface area contributed by atoms with E-state index in [0.29, 0.717) is 37.9 Å². The monoisotopic (exact) mass is 388 g/mol. The van der Waals surface area contributed by atoms with Crippen molar-refractivity contribution in [2.75, 3.05) is 0 Å². The average Bonchev–Trinajstić information content (AvgIpc) is 2.61. The molecule has 3 rings (SSSR count). The maximum Gasteiger partial charge on any atom is 0.195 e. The number of Topliss-reactive ketones (excluding diaryl/α,β-unsaturated/α-hetero) is 1. The van der Waals surface area contributed by atoms with E-state index in [4.69, 9.17) is 0 Å². The maximum atomic E-state index is 13.0. The van der Waals surface area contributed by atoms with Crippen LogP contribution in [0.25, 0.3) is 0 Å². The van der Waals surface area contributed by atoms with E-state index in [-0.39, 0.29) is 16.3 Å². The van der Waals surface area contributed by atoms with Crippen molar-refractivity contribution >= 4 is 22.7 Å². The summed E-state index contributed by atoms with van der Waals surface area (Å²) in [4.78, 5) is 25.5. The molecule has 148 valence electrons. The third kappa shape index (κ3) is 3.75. The second kappa shape index (κ2) is 7.36. The number of carbonyl (C=O) groups is 2. The van der Waals surface area contributed by atoms with Crippen molar-refractivity contribution < 1.29 is 14.7 Å². The van der Waals surface area contributed by atoms with Crippen molar-refractivity contribution in [3.05, 3.63) is 35.4 Å². The molecule has 2 saturated carbocycles. The molecule has 0 amide bonds. The minimum absolute atomic E-state index is 0.0398. The molecular weight excluding hydrogens is 356 g/mol. The average molecular weight is 389 g/mol. The highest BCUT2D eigenvalue weighted by molar-refractivity contribution is 8.13. The maximum absolute atomic E-state index is 13.0. The zero-order chi connectivity index (χ0) is 19.9. The molecule has 2 aliphatic carbocycles. The summed E-state index contributed by atoms with van der Waals surface area (Å²) in [7, 11) is 0. The molecule has 0 saturated heterocycles. The molecular formula is C23H32O3S. The highest BCUT2D eigenvalue weighted by Gasteiger charge is 2.60. The van der Waals surface area contributed by atoms with Gasteiger partial charge in [0.2, 0.25) is 0 Å². The van der Waals surface area contributed by atoms with Crippen molar-refractivity contribution in [1.82, 2.24) is 0 Å². The standard InChI is InChI=1S/C23H32O3S/c1-21(2,3)17-11-9-16(10-12-17)15-27-20(25)18-7-5-13-22(4)19(24)8-6-14-23(18,22)26/h9-12,18,26H,5-8,13-15H2,1-4H3/t18-,22-,23+/m0/s1. The van der Waals surface area contributed by atoms with Crippen molar-refractivity contribution in [3.63, 3.8) is 0 Å². The Morgan fingerprint density at radius 1 is 1.19 bits per heavy atom. The molecule has 1 aromatic carbocycles. The Hall–Kier alpha value is -1.13. The molecule has 4 heteroatoms. The summed E-state index contributed by atoms with van der Waals surface area (Å²) in [5, 5.41) is 11.5. The minimum Gasteiger partial charge on any atom is -0.388 e. The Morgan fingerprint density at radius 2 is 1.85 bits per heavy atom. The Balaban J connectivity index is 1.69. The zero-order valence-corrected chi connectivity index (χ0v) is 17.8. The van der Waals surface area contributed by atoms with Gasteiger partial charge >= 0.3 is 0 Å². The lowest BCUT2D eigenvalue weighted by atomic mass is 9.53. The zero-order valence-electron chi connectivity index (χ0n) is 17.0. The Morgan fingerprint density at radius 3 is 2.48 bits per heavy atom. The summed E-state index contributed by atoms with van der Waals surface area (Å²) in [6.07, 6.45) is 4.01. The molecule has 1 aromatic rings. The van der Waals surface area contributed by atoms with Crippen LogP contribution in [-0.4, -0.2) is 21.6 Å². The second-order valence-electron chi connectivity index (χ2n) is 9.53. The molecule has 0 bridgehead atoms. The van der Waals surface area contributed by atoms with Crippen LogP contribution in [0.1, 0.15) is 77.3 Å². The molecule has 0 radical (unpaired) electrons. The minimum atomic E-state index is -1.17. The third-order valence-corrected chi connectivity index (χ3v) is 7.81. The first-order valence-electron chi connectivity index (χ1n) is 10.1. The van der Waals surface area contributed by atoms with Crippen molar-refractivity contribution in [1.29, 1.82) is 0 Å². The number of rotatable bonds is 3. The van der Waals surface area contributed by atoms with Gasteiger partial charge in [0.25, 0.3) is 0 Å². The molecule has 3 nitrogen and oxygen atoms in total. The fourth-order valence-corrected chi connectivity index (χ4v) is 5.81. The molecule has 0 aromatic heterocycles. The van der Waals surface area contributed by atoms with Gasteiger partial charge in [-0.05, 0) is 49.1 Å². The van der Waals surface area contributed by atoms with Crippen LogP contribution in [0.3, 0.4) is 0 Å². The summed E-state index contributed by atoms with van der Waals surface area (Å²) < 4.78 is 0. The van der Waals surface area contributed by atoms with Gasteiger partial charge in [-0.25, -0.2) is 0 Å². The van der Waals surface area contributed by atoms with Crippen LogP contribution in [0.4, 0.5) is 0 Å². The lowest BCUT2D eigenvalue weighted by Gasteiger charge is -2.53. The fourth-order valence-electron chi connectivity index (χ4n) is 4.79. The fraction of sp³-hybridized carbons (Fsp3) is 0.652. The SMILES string of the molecule is CC(C)(C)c1ccc(CSC(=O)[C@@H]2CCC[C@@]3(C)C(=O)CCC[C@@]23O)cc1. The van der Waals surface area contributed by atoms with Crippen LogP contribution in [0, 0.1) is 11.3 Å². The number of aliphatic hydroxyl groups is 1. The molecule has 2 fully saturated rings. The largest absolute Gasteiger partial charge is 0.388 e. The van der Waals surface area contributed by atoms with Gasteiger partial charge in [0.1, 0.15) is 5.78 Å². The molecule has 2 aliphatic rings. The number of fused-ring (bicyclic) bond motifs is 1. The van der Waals surface area contributed by atoms with E-state index in [0.717, 1.165) is 12.0 Å². The first-order valence-corrected chi connectivity index (χ1v) is 11.1. The molecule has 0 spiro atoms. The second-order valence-corrected chi connectivity index (χ2v) is 10.5. The van der Waals surface area contributed by atoms with Crippen molar-refractivity contribution in [3.8, 4) is 0 Å². The van der Waals surface area contributed by atoms with E-state index in [1.807, 2.05) is 6.92 Å². The summed E-state index contributed by atoms with van der Waals surface area (Å²) in [6, 6.07) is 8.44. The van der Waals surface area contributed by atoms with Crippen LogP contribution < -0.4 is 0 Å². The number of ketones is 1. The van der Waals surface area contributed by atoms with Crippen LogP contribution in [-0.2, 0) is 20.8 Å². The number of thioether (sulfide) groups is 1. The molecule has 3 atom stereocenters. The number of hydrogen-bond acceptors (Lipinski definition) is 4. The third-order valence-electron chi connectivity index (χ3n) is 6.76. The van der Waals surface area contributed by atoms with Gasteiger partial charge in [0, 0.05) is 12.2 Å². The smallest absolute Gasteiger partial charge is 0.195 e. The van der Waals surface area contributed by atoms with Crippen LogP contribution in [0.5, 0.6) is 0 Å². The highest BCUT2D eigenvalue weighted by Crippen LogP contribution is 2.54. The van der Waals surface area contributed by atoms with Crippen LogP contribution in [0.15, 0.2) is 24.3 Å². The molecule has 0 aliphatic heterocycles. The summed E-state index contributed by atoms with van der Waals surface area (Å²) in [6.45, 7) is 8.44. The lowest BCUT2D eigenvalue weighted by molar-refractivity contribution is -0.180. The van der Waals surface area contributed by atoms with E-state index < -0.39 is 16.9 Å². The van der Waals surface area contributed by atoms with Gasteiger partial charge in [0.15, 0.2) is 5.12 Å². The number of benzene rings is 1. The van der Waals surface area contributed by atoms with Crippen molar-refractivity contribution in [2.45, 2.75) is 83.0 Å². The van der Waals surface area contributed by atoms with Crippen LogP contribution >= 0.6 is 11.8 Å². The van der Waals surface area contributed by atoms with E-state index in [1.54, 1.807) is 0 Å². The highest BCUT2D eigenvalue weighted by atomic mass is 32.2. The predicted octanol–water partition coefficient (Wildman–Crippen LogP) is 5.03. The topological polar surface area (TPSA) is 54.4 Å². The summed E-state index contributed by atoms with van der Waals surface area (Å²) in [5.74, 6) is 0.316. The van der Waals surface area contributed by atoms with E-state index in [2.05, 4.69) is 45.0 Å². The van der Waals surface area contributed by atoms with Gasteiger partial charge in [-0.1, -0.05) is 63.2 Å². The number of hydrogen-bond donors (Lipinski definition) is 1. The number of carbonyl (C=O) groups excluding carboxylic acids is 2. The molecule has 27 heavy (non-hydrogen) atoms. The summed E-state index contributed by atoms with van der Waals surface area (Å²) in [5.41, 5.74) is 0.594. The molecule has 1 N–H and O–H groups in total. The van der Waals surface area contributed by atoms with E-state index in [1.165, 1.54) is 17.3 Å². The quantitative estimate of drug-likeness (QED) is 0.789. The van der Waals surface area contributed by atoms with Gasteiger partial charge in [-0.3, -0.25) is 9.59 Å². The summed E-state index contributed by atoms with van der Waals surface area (Å²) >= 11 is 1.29. The Labute approximate surface area is 167 Å². The Bertz CT molecular complexity index is 718. The Kier molecular flexibility index (Phi) is 5.62. The van der Waals surface area contributed by atoms with Gasteiger partial charge in [-0.15, -0.1) is 0 Å². The molecule has 0 unspecified atom stereocenters.